The number of benzene rings is 1. The van der Waals surface area contributed by atoms with Gasteiger partial charge in [0.15, 0.2) is 18.8 Å². The van der Waals surface area contributed by atoms with Gasteiger partial charge in [-0.25, -0.2) is 23.1 Å². The average Bonchev–Trinajstić information content (AvgIpc) is 2.77. The van der Waals surface area contributed by atoms with Crippen LogP contribution in [0.4, 0.5) is 36.4 Å². The Hall–Kier alpha value is -3.58. The summed E-state index contributed by atoms with van der Waals surface area (Å²) in [6, 6.07) is 4.44. The molecule has 184 valence electrons. The van der Waals surface area contributed by atoms with Gasteiger partial charge in [0.25, 0.3) is 11.9 Å². The Morgan fingerprint density at radius 2 is 2.00 bits per heavy atom. The van der Waals surface area contributed by atoms with Gasteiger partial charge in [0.1, 0.15) is 17.3 Å². The Kier molecular flexibility index (Phi) is 6.62. The molecule has 34 heavy (non-hydrogen) atoms. The van der Waals surface area contributed by atoms with Crippen LogP contribution < -0.4 is 15.8 Å². The van der Waals surface area contributed by atoms with Crippen LogP contribution in [0, 0.1) is 5.82 Å². The van der Waals surface area contributed by atoms with Crippen molar-refractivity contribution < 1.29 is 45.0 Å². The lowest BCUT2D eigenvalue weighted by Gasteiger charge is -2.37. The predicted octanol–water partition coefficient (Wildman–Crippen LogP) is 3.95. The van der Waals surface area contributed by atoms with Crippen LogP contribution in [0.25, 0.3) is 0 Å². The molecule has 0 saturated heterocycles. The van der Waals surface area contributed by atoms with Crippen LogP contribution in [0.2, 0.25) is 0 Å². The van der Waals surface area contributed by atoms with Crippen LogP contribution in [-0.2, 0) is 10.3 Å². The Bertz CT molecular complexity index is 1100. The highest BCUT2D eigenvalue weighted by Crippen LogP contribution is 2.44. The van der Waals surface area contributed by atoms with Crippen molar-refractivity contribution in [1.29, 1.82) is 0 Å². The number of rotatable bonds is 7. The zero-order valence-electron chi connectivity index (χ0n) is 17.3. The third-order valence-corrected chi connectivity index (χ3v) is 4.92. The van der Waals surface area contributed by atoms with Gasteiger partial charge in [-0.05, 0) is 37.3 Å². The van der Waals surface area contributed by atoms with Crippen molar-refractivity contribution >= 4 is 17.6 Å². The second-order valence-electron chi connectivity index (χ2n) is 7.39. The number of amidine groups is 1. The van der Waals surface area contributed by atoms with Gasteiger partial charge in [-0.15, -0.1) is 0 Å². The molecule has 2 aromatic rings. The summed E-state index contributed by atoms with van der Waals surface area (Å²) in [6.45, 7) is -1.77. The third-order valence-electron chi connectivity index (χ3n) is 4.92. The van der Waals surface area contributed by atoms with E-state index >= 15 is 0 Å². The number of anilines is 1. The van der Waals surface area contributed by atoms with Crippen molar-refractivity contribution in [1.82, 2.24) is 4.98 Å². The van der Waals surface area contributed by atoms with E-state index in [-0.39, 0.29) is 17.1 Å². The number of hydrogen-bond acceptors (Lipinski definition) is 6. The Labute approximate surface area is 187 Å². The maximum Gasteiger partial charge on any atom is 0.340 e. The average molecular weight is 494 g/mol. The number of ether oxygens (including phenoxy) is 2. The number of pyridine rings is 1. The SMILES string of the molecule is CC1(c2cc(NC(=O)c3ccc(OCC(F)(F)C(F)F)cn3)ccc2F)N=C(N)OCC1(F)F. The molecule has 3 rings (SSSR count). The first-order valence-electron chi connectivity index (χ1n) is 9.47. The number of aliphatic imine (C=N–C) groups is 1. The van der Waals surface area contributed by atoms with Gasteiger partial charge in [-0.3, -0.25) is 4.79 Å². The summed E-state index contributed by atoms with van der Waals surface area (Å²) in [7, 11) is 0. The number of carbonyl (C=O) groups excluding carboxylic acids is 1. The van der Waals surface area contributed by atoms with Crippen molar-refractivity contribution in [3.05, 3.63) is 53.6 Å². The van der Waals surface area contributed by atoms with Gasteiger partial charge in [0.05, 0.1) is 6.20 Å². The van der Waals surface area contributed by atoms with Crippen LogP contribution in [0.3, 0.4) is 0 Å². The van der Waals surface area contributed by atoms with Gasteiger partial charge in [0.2, 0.25) is 0 Å². The number of hydrogen-bond donors (Lipinski definition) is 2. The Morgan fingerprint density at radius 1 is 1.29 bits per heavy atom. The number of nitrogens with two attached hydrogens (primary N) is 1. The minimum absolute atomic E-state index is 0.0857. The summed E-state index contributed by atoms with van der Waals surface area (Å²) < 4.78 is 103. The van der Waals surface area contributed by atoms with Crippen molar-refractivity contribution in [3.8, 4) is 5.75 Å². The molecular formula is C20H17F7N4O3. The Morgan fingerprint density at radius 3 is 2.62 bits per heavy atom. The molecule has 1 aromatic carbocycles. The molecule has 1 aromatic heterocycles. The Balaban J connectivity index is 1.77. The fraction of sp³-hybridized carbons (Fsp3) is 0.350. The van der Waals surface area contributed by atoms with Gasteiger partial charge < -0.3 is 20.5 Å². The first kappa shape index (κ1) is 25.1. The molecule has 0 radical (unpaired) electrons. The molecule has 3 N–H and O–H groups in total. The van der Waals surface area contributed by atoms with E-state index in [2.05, 4.69) is 24.8 Å². The molecule has 0 spiro atoms. The second-order valence-corrected chi connectivity index (χ2v) is 7.39. The maximum absolute atomic E-state index is 14.5. The predicted molar refractivity (Wildman–Crippen MR) is 105 cm³/mol. The van der Waals surface area contributed by atoms with E-state index in [0.717, 1.165) is 43.5 Å². The fourth-order valence-corrected chi connectivity index (χ4v) is 2.91. The van der Waals surface area contributed by atoms with E-state index in [1.807, 2.05) is 0 Å². The van der Waals surface area contributed by atoms with E-state index in [1.165, 1.54) is 0 Å². The number of nitrogens with one attached hydrogen (secondary N) is 1. The number of aromatic nitrogens is 1. The summed E-state index contributed by atoms with van der Waals surface area (Å²) in [6.07, 6.45) is -3.07. The number of alkyl halides is 6. The zero-order chi connectivity index (χ0) is 25.3. The van der Waals surface area contributed by atoms with Crippen molar-refractivity contribution in [2.24, 2.45) is 10.7 Å². The fourth-order valence-electron chi connectivity index (χ4n) is 2.91. The molecule has 1 amide bonds. The number of nitrogens with zero attached hydrogens (tertiary/aromatic N) is 2. The molecule has 2 heterocycles. The molecule has 14 heteroatoms. The summed E-state index contributed by atoms with van der Waals surface area (Å²) in [5.74, 6) is -10.2. The van der Waals surface area contributed by atoms with Gasteiger partial charge >= 0.3 is 18.3 Å². The second kappa shape index (κ2) is 8.99. The zero-order valence-corrected chi connectivity index (χ0v) is 17.3. The summed E-state index contributed by atoms with van der Waals surface area (Å²) in [5, 5.41) is 2.33. The first-order valence-corrected chi connectivity index (χ1v) is 9.47. The highest BCUT2D eigenvalue weighted by Gasteiger charge is 2.56. The lowest BCUT2D eigenvalue weighted by atomic mass is 9.85. The monoisotopic (exact) mass is 494 g/mol. The molecule has 0 saturated carbocycles. The summed E-state index contributed by atoms with van der Waals surface area (Å²) >= 11 is 0. The maximum atomic E-state index is 14.5. The molecule has 0 fully saturated rings. The van der Waals surface area contributed by atoms with Crippen LogP contribution in [0.15, 0.2) is 41.5 Å². The van der Waals surface area contributed by atoms with Gasteiger partial charge in [-0.1, -0.05) is 0 Å². The number of halogens is 7. The highest BCUT2D eigenvalue weighted by atomic mass is 19.3. The van der Waals surface area contributed by atoms with E-state index in [1.54, 1.807) is 0 Å². The molecule has 1 atom stereocenters. The number of amides is 1. The van der Waals surface area contributed by atoms with Crippen LogP contribution >= 0.6 is 0 Å². The molecule has 1 aliphatic heterocycles. The van der Waals surface area contributed by atoms with Crippen LogP contribution in [0.5, 0.6) is 5.75 Å². The molecule has 0 bridgehead atoms. The standard InChI is InChI=1S/C20H17F7N4O3/c1-18(20(26,27)9-34-17(28)31-18)12-6-10(2-4-13(12)21)30-15(32)14-5-3-11(7-29-14)33-8-19(24,25)16(22)23/h2-7,16H,8-9H2,1H3,(H2,28,31)(H,30,32). The summed E-state index contributed by atoms with van der Waals surface area (Å²) in [4.78, 5) is 19.7. The largest absolute Gasteiger partial charge is 0.485 e. The van der Waals surface area contributed by atoms with Gasteiger partial charge in [0, 0.05) is 11.3 Å². The van der Waals surface area contributed by atoms with E-state index in [9.17, 15) is 35.5 Å². The molecule has 1 unspecified atom stereocenters. The van der Waals surface area contributed by atoms with Crippen LogP contribution in [0.1, 0.15) is 23.0 Å². The van der Waals surface area contributed by atoms with E-state index < -0.39 is 60.3 Å². The quantitative estimate of drug-likeness (QED) is 0.569. The van der Waals surface area contributed by atoms with Crippen molar-refractivity contribution in [2.75, 3.05) is 18.5 Å². The topological polar surface area (TPSA) is 98.8 Å². The normalized spacial score (nSPS) is 19.9. The lowest BCUT2D eigenvalue weighted by molar-refractivity contribution is -0.148. The minimum atomic E-state index is -4.37. The molecule has 0 aliphatic carbocycles. The minimum Gasteiger partial charge on any atom is -0.485 e. The number of carbonyl (C=O) groups is 1. The van der Waals surface area contributed by atoms with Gasteiger partial charge in [-0.2, -0.15) is 17.6 Å². The van der Waals surface area contributed by atoms with Crippen molar-refractivity contribution in [3.63, 3.8) is 0 Å². The third kappa shape index (κ3) is 4.99. The summed E-state index contributed by atoms with van der Waals surface area (Å²) in [5.41, 5.74) is 2.07. The first-order chi connectivity index (χ1) is 15.7. The molecular weight excluding hydrogens is 477 g/mol. The lowest BCUT2D eigenvalue weighted by Crippen LogP contribution is -2.51. The molecule has 7 nitrogen and oxygen atoms in total. The van der Waals surface area contributed by atoms with Crippen molar-refractivity contribution in [2.45, 2.75) is 30.7 Å². The van der Waals surface area contributed by atoms with E-state index in [0.29, 0.717) is 0 Å². The smallest absolute Gasteiger partial charge is 0.340 e. The van der Waals surface area contributed by atoms with Crippen LogP contribution in [-0.4, -0.2) is 48.4 Å². The van der Waals surface area contributed by atoms with E-state index in [4.69, 9.17) is 5.73 Å². The highest BCUT2D eigenvalue weighted by molar-refractivity contribution is 6.02. The molecule has 1 aliphatic rings.